The molecule has 0 aliphatic carbocycles. The minimum atomic E-state index is -1.14. The van der Waals surface area contributed by atoms with Gasteiger partial charge in [0.05, 0.1) is 6.61 Å². The predicted octanol–water partition coefficient (Wildman–Crippen LogP) is 3.32. The number of aliphatic hydroxyl groups is 2. The van der Waals surface area contributed by atoms with Crippen molar-refractivity contribution in [1.82, 2.24) is 0 Å². The molecule has 1 aromatic carbocycles. The van der Waals surface area contributed by atoms with E-state index in [0.717, 1.165) is 5.56 Å². The number of fused-ring (bicyclic) bond motifs is 1. The Balaban J connectivity index is 0.000000284. The molecule has 0 bridgehead atoms. The quantitative estimate of drug-likeness (QED) is 0.409. The van der Waals surface area contributed by atoms with Gasteiger partial charge in [-0.15, -0.1) is 0 Å². The molecule has 164 valence electrons. The summed E-state index contributed by atoms with van der Waals surface area (Å²) in [6.45, 7) is 4.85. The molecule has 1 aromatic rings. The van der Waals surface area contributed by atoms with E-state index in [0.29, 0.717) is 0 Å². The summed E-state index contributed by atoms with van der Waals surface area (Å²) in [5.41, 5.74) is 0.863. The molecule has 7 heteroatoms. The van der Waals surface area contributed by atoms with Crippen molar-refractivity contribution >= 4 is 21.1 Å². The van der Waals surface area contributed by atoms with Crippen LogP contribution in [0, 0.1) is 0 Å². The Labute approximate surface area is 185 Å². The van der Waals surface area contributed by atoms with E-state index in [4.69, 9.17) is 18.9 Å². The number of hydrogen-bond acceptors (Lipinski definition) is 6. The second kappa shape index (κ2) is 14.0. The first-order chi connectivity index (χ1) is 14.1. The van der Waals surface area contributed by atoms with E-state index in [1.807, 2.05) is 30.3 Å². The first-order valence-corrected chi connectivity index (χ1v) is 14.7. The maximum Gasteiger partial charge on any atom is 0.186 e. The summed E-state index contributed by atoms with van der Waals surface area (Å²) in [7, 11) is 1.41. The number of hydrogen-bond donors (Lipinski definition) is 2. The molecule has 0 amide bonds. The van der Waals surface area contributed by atoms with Gasteiger partial charge in [-0.25, -0.2) is 0 Å². The van der Waals surface area contributed by atoms with E-state index in [1.165, 1.54) is 32.8 Å². The third-order valence-corrected chi connectivity index (χ3v) is 9.09. The first-order valence-electron chi connectivity index (χ1n) is 10.7. The fraction of sp³-hybridized carbons (Fsp3) is 0.727. The molecular formula is C22H36O6Sn. The SMILES string of the molecule is CCC[CH2][Sn][CH2]CCC.COC1OC2COC(c3ccccc3)OC2C(O)C1O. The molecule has 2 N–H and O–H groups in total. The molecule has 2 saturated heterocycles. The van der Waals surface area contributed by atoms with E-state index >= 15 is 0 Å². The van der Waals surface area contributed by atoms with Crippen LogP contribution < -0.4 is 0 Å². The third kappa shape index (κ3) is 7.76. The minimum absolute atomic E-state index is 0.149. The maximum absolute atomic E-state index is 10.1. The van der Waals surface area contributed by atoms with Gasteiger partial charge in [0.1, 0.15) is 24.4 Å². The third-order valence-electron chi connectivity index (χ3n) is 5.05. The molecule has 6 unspecified atom stereocenters. The van der Waals surface area contributed by atoms with Crippen LogP contribution in [0.25, 0.3) is 0 Å². The van der Waals surface area contributed by atoms with Crippen LogP contribution in [-0.4, -0.2) is 75.8 Å². The van der Waals surface area contributed by atoms with E-state index in [9.17, 15) is 10.2 Å². The van der Waals surface area contributed by atoms with Crippen LogP contribution >= 0.6 is 0 Å². The number of aliphatic hydroxyl groups excluding tert-OH is 2. The number of benzene rings is 1. The summed E-state index contributed by atoms with van der Waals surface area (Å²) >= 11 is 0.149. The van der Waals surface area contributed by atoms with Crippen molar-refractivity contribution in [3.63, 3.8) is 0 Å². The Bertz CT molecular complexity index is 537. The van der Waals surface area contributed by atoms with Gasteiger partial charge in [-0.3, -0.25) is 0 Å². The number of rotatable bonds is 8. The van der Waals surface area contributed by atoms with Gasteiger partial charge in [0.25, 0.3) is 0 Å². The molecule has 6 atom stereocenters. The molecule has 0 aromatic heterocycles. The summed E-state index contributed by atoms with van der Waals surface area (Å²) in [5, 5.41) is 20.1. The normalized spacial score (nSPS) is 31.5. The van der Waals surface area contributed by atoms with Crippen molar-refractivity contribution in [2.45, 2.75) is 85.4 Å². The van der Waals surface area contributed by atoms with Gasteiger partial charge in [-0.1, -0.05) is 30.3 Å². The maximum atomic E-state index is 10.1. The van der Waals surface area contributed by atoms with Crippen molar-refractivity contribution < 1.29 is 29.2 Å². The van der Waals surface area contributed by atoms with Gasteiger partial charge in [-0.05, 0) is 0 Å². The average molecular weight is 515 g/mol. The summed E-state index contributed by atoms with van der Waals surface area (Å²) in [6, 6.07) is 9.45. The van der Waals surface area contributed by atoms with Crippen LogP contribution in [0.15, 0.2) is 30.3 Å². The Hall–Kier alpha value is -0.221. The van der Waals surface area contributed by atoms with Crippen LogP contribution in [0.5, 0.6) is 0 Å². The molecule has 6 nitrogen and oxygen atoms in total. The zero-order chi connectivity index (χ0) is 21.1. The molecule has 0 saturated carbocycles. The zero-order valence-electron chi connectivity index (χ0n) is 17.8. The molecular weight excluding hydrogens is 479 g/mol. The second-order valence-electron chi connectivity index (χ2n) is 7.39. The molecule has 2 radical (unpaired) electrons. The van der Waals surface area contributed by atoms with E-state index < -0.39 is 37.0 Å². The summed E-state index contributed by atoms with van der Waals surface area (Å²) < 4.78 is 25.1. The van der Waals surface area contributed by atoms with Gasteiger partial charge in [0, 0.05) is 12.7 Å². The van der Waals surface area contributed by atoms with Crippen molar-refractivity contribution in [3.8, 4) is 0 Å². The molecule has 2 aliphatic rings. The largest absolute Gasteiger partial charge is 0.387 e. The predicted molar refractivity (Wildman–Crippen MR) is 113 cm³/mol. The average Bonchev–Trinajstić information content (AvgIpc) is 2.77. The van der Waals surface area contributed by atoms with Crippen molar-refractivity contribution in [2.24, 2.45) is 0 Å². The number of unbranched alkanes of at least 4 members (excludes halogenated alkanes) is 2. The van der Waals surface area contributed by atoms with Gasteiger partial charge >= 0.3 is 69.5 Å². The van der Waals surface area contributed by atoms with Gasteiger partial charge in [0.2, 0.25) is 0 Å². The summed E-state index contributed by atoms with van der Waals surface area (Å²) in [6.07, 6.45) is 1.08. The fourth-order valence-corrected chi connectivity index (χ4v) is 7.44. The Morgan fingerprint density at radius 2 is 1.66 bits per heavy atom. The van der Waals surface area contributed by atoms with Crippen LogP contribution in [-0.2, 0) is 18.9 Å². The fourth-order valence-electron chi connectivity index (χ4n) is 3.28. The van der Waals surface area contributed by atoms with Gasteiger partial charge in [-0.2, -0.15) is 0 Å². The van der Waals surface area contributed by atoms with Crippen LogP contribution in [0.1, 0.15) is 51.4 Å². The number of ether oxygens (including phenoxy) is 4. The first kappa shape index (κ1) is 25.0. The van der Waals surface area contributed by atoms with Crippen LogP contribution in [0.2, 0.25) is 8.87 Å². The second-order valence-corrected chi connectivity index (χ2v) is 11.7. The molecule has 2 fully saturated rings. The minimum Gasteiger partial charge on any atom is -0.387 e. The Morgan fingerprint density at radius 3 is 2.24 bits per heavy atom. The van der Waals surface area contributed by atoms with Crippen molar-refractivity contribution in [2.75, 3.05) is 13.7 Å². The molecule has 2 aliphatic heterocycles. The van der Waals surface area contributed by atoms with Crippen molar-refractivity contribution in [3.05, 3.63) is 35.9 Å². The zero-order valence-corrected chi connectivity index (χ0v) is 20.7. The van der Waals surface area contributed by atoms with E-state index in [2.05, 4.69) is 13.8 Å². The molecule has 2 heterocycles. The van der Waals surface area contributed by atoms with Crippen LogP contribution in [0.4, 0.5) is 0 Å². The van der Waals surface area contributed by atoms with Gasteiger partial charge in [0.15, 0.2) is 12.6 Å². The summed E-state index contributed by atoms with van der Waals surface area (Å²) in [5.74, 6) is 0. The topological polar surface area (TPSA) is 77.4 Å². The number of methoxy groups -OCH3 is 1. The molecule has 0 spiro atoms. The van der Waals surface area contributed by atoms with Gasteiger partial charge < -0.3 is 29.2 Å². The summed E-state index contributed by atoms with van der Waals surface area (Å²) in [4.78, 5) is 0. The Morgan fingerprint density at radius 1 is 1.00 bits per heavy atom. The Kier molecular flexibility index (Phi) is 12.1. The van der Waals surface area contributed by atoms with Crippen molar-refractivity contribution in [1.29, 1.82) is 0 Å². The standard InChI is InChI=1S/C14H18O6.2C4H9.Sn/c1-17-14-11(16)10(15)12-9(19-14)7-18-13(20-12)8-5-3-2-4-6-8;2*1-3-4-2;/h2-6,9-16H,7H2,1H3;2*1,3-4H2,2H3;. The van der Waals surface area contributed by atoms with E-state index in [-0.39, 0.29) is 27.7 Å². The molecule has 29 heavy (non-hydrogen) atoms. The monoisotopic (exact) mass is 516 g/mol. The molecule has 3 rings (SSSR count). The van der Waals surface area contributed by atoms with E-state index in [1.54, 1.807) is 8.87 Å². The smallest absolute Gasteiger partial charge is 0.186 e. The van der Waals surface area contributed by atoms with Crippen LogP contribution in [0.3, 0.4) is 0 Å².